The molecular weight excluding hydrogens is 582 g/mol. The minimum Gasteiger partial charge on any atom is -0.345 e. The standard InChI is InChI=1S/C34H41N9O3/c1-6-25(36-19-30(44)43-26(18-35)15-24-16-29(24)43)17-34(33-37-39-40-38-33)27-11-9-22(31(45)41(2)3)13-20(27)7-8-21-14-23(10-12-28(21)34)32(46)42(4)5/h9-14,24-26,29,36H,6-8,15-17,19H2,1-5H3,(H,37,38,39,40)/t24-,25+,26?,29+/m1/s1. The smallest absolute Gasteiger partial charge is 0.253 e. The van der Waals surface area contributed by atoms with Gasteiger partial charge in [0.05, 0.1) is 18.0 Å². The Morgan fingerprint density at radius 1 is 1.02 bits per heavy atom. The molecule has 6 rings (SSSR count). The fourth-order valence-corrected chi connectivity index (χ4v) is 7.53. The molecule has 1 saturated carbocycles. The molecule has 12 nitrogen and oxygen atoms in total. The van der Waals surface area contributed by atoms with Crippen LogP contribution in [0, 0.1) is 17.2 Å². The number of aromatic amines is 1. The number of H-pyrrole nitrogens is 1. The number of tetrazole rings is 1. The summed E-state index contributed by atoms with van der Waals surface area (Å²) in [5, 5.41) is 28.7. The van der Waals surface area contributed by atoms with E-state index in [0.717, 1.165) is 35.1 Å². The molecule has 4 atom stereocenters. The van der Waals surface area contributed by atoms with Gasteiger partial charge in [-0.1, -0.05) is 19.1 Å². The predicted octanol–water partition coefficient (Wildman–Crippen LogP) is 2.31. The predicted molar refractivity (Wildman–Crippen MR) is 170 cm³/mol. The highest BCUT2D eigenvalue weighted by Crippen LogP contribution is 2.48. The summed E-state index contributed by atoms with van der Waals surface area (Å²) in [5.74, 6) is 0.776. The maximum atomic E-state index is 13.4. The fraction of sp³-hybridized carbons (Fsp3) is 0.500. The summed E-state index contributed by atoms with van der Waals surface area (Å²) < 4.78 is 0. The van der Waals surface area contributed by atoms with Crippen molar-refractivity contribution in [2.24, 2.45) is 5.92 Å². The molecule has 2 fully saturated rings. The molecule has 3 aromatic rings. The van der Waals surface area contributed by atoms with E-state index >= 15 is 0 Å². The molecule has 0 radical (unpaired) electrons. The number of hydrogen-bond donors (Lipinski definition) is 2. The Balaban J connectivity index is 1.44. The van der Waals surface area contributed by atoms with Gasteiger partial charge in [-0.05, 0) is 101 Å². The van der Waals surface area contributed by atoms with E-state index in [1.807, 2.05) is 36.4 Å². The Kier molecular flexibility index (Phi) is 8.37. The highest BCUT2D eigenvalue weighted by molar-refractivity contribution is 5.95. The molecule has 1 unspecified atom stereocenters. The third-order valence-corrected chi connectivity index (χ3v) is 9.98. The Bertz CT molecular complexity index is 1620. The van der Waals surface area contributed by atoms with Crippen molar-refractivity contribution in [1.82, 2.24) is 40.6 Å². The molecule has 2 aliphatic carbocycles. The minimum atomic E-state index is -0.884. The van der Waals surface area contributed by atoms with Gasteiger partial charge < -0.3 is 20.0 Å². The number of likely N-dealkylation sites (tertiary alicyclic amines) is 1. The summed E-state index contributed by atoms with van der Waals surface area (Å²) in [6, 6.07) is 13.7. The van der Waals surface area contributed by atoms with E-state index in [1.165, 1.54) is 0 Å². The largest absolute Gasteiger partial charge is 0.345 e. The van der Waals surface area contributed by atoms with E-state index in [-0.39, 0.29) is 42.4 Å². The first-order chi connectivity index (χ1) is 22.1. The first-order valence-corrected chi connectivity index (χ1v) is 16.0. The first-order valence-electron chi connectivity index (χ1n) is 16.0. The third-order valence-electron chi connectivity index (χ3n) is 9.98. The van der Waals surface area contributed by atoms with Crippen molar-refractivity contribution in [2.75, 3.05) is 34.7 Å². The monoisotopic (exact) mass is 623 g/mol. The Morgan fingerprint density at radius 3 is 2.13 bits per heavy atom. The van der Waals surface area contributed by atoms with Crippen molar-refractivity contribution in [3.63, 3.8) is 0 Å². The highest BCUT2D eigenvalue weighted by atomic mass is 16.2. The lowest BCUT2D eigenvalue weighted by Gasteiger charge is -2.37. The lowest BCUT2D eigenvalue weighted by Crippen LogP contribution is -2.47. The summed E-state index contributed by atoms with van der Waals surface area (Å²) in [7, 11) is 6.95. The van der Waals surface area contributed by atoms with Crippen molar-refractivity contribution in [2.45, 2.75) is 69.0 Å². The molecule has 240 valence electrons. The number of fused-ring (bicyclic) bond motifs is 3. The van der Waals surface area contributed by atoms with E-state index < -0.39 is 5.41 Å². The van der Waals surface area contributed by atoms with Crippen LogP contribution in [0.1, 0.15) is 81.4 Å². The van der Waals surface area contributed by atoms with Crippen LogP contribution in [0.3, 0.4) is 0 Å². The average Bonchev–Trinajstić information content (AvgIpc) is 3.43. The van der Waals surface area contributed by atoms with Crippen molar-refractivity contribution >= 4 is 17.7 Å². The molecule has 1 saturated heterocycles. The summed E-state index contributed by atoms with van der Waals surface area (Å²) >= 11 is 0. The number of hydrogen-bond acceptors (Lipinski definition) is 8. The molecule has 2 aromatic carbocycles. The zero-order chi connectivity index (χ0) is 32.7. The molecule has 1 aromatic heterocycles. The van der Waals surface area contributed by atoms with Crippen LogP contribution in [-0.2, 0) is 23.1 Å². The van der Waals surface area contributed by atoms with Gasteiger partial charge >= 0.3 is 0 Å². The molecule has 46 heavy (non-hydrogen) atoms. The van der Waals surface area contributed by atoms with Crippen molar-refractivity contribution in [1.29, 1.82) is 5.26 Å². The summed E-state index contributed by atoms with van der Waals surface area (Å²) in [6.07, 6.45) is 4.25. The van der Waals surface area contributed by atoms with Gasteiger partial charge in [0.15, 0.2) is 5.82 Å². The van der Waals surface area contributed by atoms with Gasteiger partial charge in [0.2, 0.25) is 5.91 Å². The second-order valence-corrected chi connectivity index (χ2v) is 13.2. The lowest BCUT2D eigenvalue weighted by atomic mass is 9.67. The summed E-state index contributed by atoms with van der Waals surface area (Å²) in [6.45, 7) is 2.20. The van der Waals surface area contributed by atoms with E-state index in [1.54, 1.807) is 42.9 Å². The van der Waals surface area contributed by atoms with Gasteiger partial charge in [-0.3, -0.25) is 14.4 Å². The van der Waals surface area contributed by atoms with Gasteiger partial charge in [-0.25, -0.2) is 5.10 Å². The molecular formula is C34H41N9O3. The molecule has 2 heterocycles. The van der Waals surface area contributed by atoms with E-state index in [9.17, 15) is 19.6 Å². The van der Waals surface area contributed by atoms with Crippen LogP contribution in [0.4, 0.5) is 0 Å². The van der Waals surface area contributed by atoms with E-state index in [2.05, 4.69) is 38.9 Å². The van der Waals surface area contributed by atoms with Gasteiger partial charge in [-0.2, -0.15) is 5.26 Å². The van der Waals surface area contributed by atoms with E-state index in [0.29, 0.717) is 48.6 Å². The number of nitrogens with one attached hydrogen (secondary N) is 2. The number of carbonyl (C=O) groups excluding carboxylic acids is 3. The fourth-order valence-electron chi connectivity index (χ4n) is 7.53. The van der Waals surface area contributed by atoms with Crippen molar-refractivity contribution in [3.8, 4) is 6.07 Å². The lowest BCUT2D eigenvalue weighted by molar-refractivity contribution is -0.131. The second kappa shape index (κ2) is 12.3. The molecule has 0 spiro atoms. The molecule has 0 bridgehead atoms. The van der Waals surface area contributed by atoms with Crippen molar-refractivity contribution < 1.29 is 14.4 Å². The van der Waals surface area contributed by atoms with Gasteiger partial charge in [-0.15, -0.1) is 5.10 Å². The molecule has 2 N–H and O–H groups in total. The van der Waals surface area contributed by atoms with E-state index in [4.69, 9.17) is 0 Å². The number of aromatic nitrogens is 4. The zero-order valence-electron chi connectivity index (χ0n) is 27.1. The third kappa shape index (κ3) is 5.42. The number of carbonyl (C=O) groups is 3. The number of nitrogens with zero attached hydrogens (tertiary/aromatic N) is 7. The van der Waals surface area contributed by atoms with Gasteiger partial charge in [0, 0.05) is 51.4 Å². The number of piperidine rings is 1. The quantitative estimate of drug-likeness (QED) is 0.369. The number of aryl methyl sites for hydroxylation is 2. The SMILES string of the molecule is CC[C@@H](CC1(c2nnn[nH]2)c2ccc(C(=O)N(C)C)cc2CCc2cc(C(=O)N(C)C)ccc21)NCC(=O)N1C(C#N)C[C@@H]2C[C@@H]21. The first kappa shape index (κ1) is 31.4. The van der Waals surface area contributed by atoms with Crippen molar-refractivity contribution in [3.05, 3.63) is 75.6 Å². The van der Waals surface area contributed by atoms with Gasteiger partial charge in [0.25, 0.3) is 11.8 Å². The Morgan fingerprint density at radius 2 is 1.63 bits per heavy atom. The summed E-state index contributed by atoms with van der Waals surface area (Å²) in [4.78, 5) is 44.4. The second-order valence-electron chi connectivity index (χ2n) is 13.2. The number of benzene rings is 2. The normalized spacial score (nSPS) is 21.2. The number of rotatable bonds is 9. The maximum absolute atomic E-state index is 13.4. The molecule has 3 aliphatic rings. The van der Waals surface area contributed by atoms with Crippen LogP contribution < -0.4 is 5.32 Å². The average molecular weight is 624 g/mol. The molecule has 1 aliphatic heterocycles. The molecule has 3 amide bonds. The van der Waals surface area contributed by atoms with Crippen LogP contribution in [-0.4, -0.2) is 106 Å². The van der Waals surface area contributed by atoms with Crippen LogP contribution in [0.2, 0.25) is 0 Å². The maximum Gasteiger partial charge on any atom is 0.253 e. The number of nitriles is 1. The van der Waals surface area contributed by atoms with Crippen LogP contribution >= 0.6 is 0 Å². The van der Waals surface area contributed by atoms with Crippen LogP contribution in [0.5, 0.6) is 0 Å². The van der Waals surface area contributed by atoms with Crippen LogP contribution in [0.25, 0.3) is 0 Å². The topological polar surface area (TPSA) is 151 Å². The Hall–Kier alpha value is -4.63. The van der Waals surface area contributed by atoms with Crippen LogP contribution in [0.15, 0.2) is 36.4 Å². The summed E-state index contributed by atoms with van der Waals surface area (Å²) in [5.41, 5.74) is 4.25. The number of amides is 3. The molecule has 12 heteroatoms. The minimum absolute atomic E-state index is 0.0503. The Labute approximate surface area is 269 Å². The highest BCUT2D eigenvalue weighted by Gasteiger charge is 2.54. The zero-order valence-corrected chi connectivity index (χ0v) is 27.1. The van der Waals surface area contributed by atoms with Gasteiger partial charge in [0.1, 0.15) is 6.04 Å².